The minimum absolute atomic E-state index is 0.0208. The SMILES string of the molecule is C/C=C/C(=O)N(CCO)CCOC. The molecule has 0 aliphatic rings. The lowest BCUT2D eigenvalue weighted by molar-refractivity contribution is -0.127. The molecule has 0 aromatic rings. The van der Waals surface area contributed by atoms with Gasteiger partial charge < -0.3 is 14.7 Å². The minimum atomic E-state index is -0.0893. The maximum absolute atomic E-state index is 11.3. The lowest BCUT2D eigenvalue weighted by Crippen LogP contribution is -2.34. The standard InChI is InChI=1S/C9H17NO3/c1-3-4-9(12)10(5-7-11)6-8-13-2/h3-4,11H,5-8H2,1-2H3/b4-3+. The van der Waals surface area contributed by atoms with Crippen molar-refractivity contribution in [2.45, 2.75) is 6.92 Å². The molecule has 0 rings (SSSR count). The molecule has 1 amide bonds. The van der Waals surface area contributed by atoms with Crippen molar-refractivity contribution in [3.63, 3.8) is 0 Å². The smallest absolute Gasteiger partial charge is 0.246 e. The highest BCUT2D eigenvalue weighted by Crippen LogP contribution is 1.91. The number of aliphatic hydroxyl groups is 1. The summed E-state index contributed by atoms with van der Waals surface area (Å²) < 4.78 is 4.85. The molecule has 1 N–H and O–H groups in total. The van der Waals surface area contributed by atoms with Crippen molar-refractivity contribution in [3.8, 4) is 0 Å². The van der Waals surface area contributed by atoms with Gasteiger partial charge in [-0.15, -0.1) is 0 Å². The highest BCUT2D eigenvalue weighted by molar-refractivity contribution is 5.87. The van der Waals surface area contributed by atoms with Crippen molar-refractivity contribution < 1.29 is 14.6 Å². The van der Waals surface area contributed by atoms with Crippen LogP contribution in [0, 0.1) is 0 Å². The molecule has 0 unspecified atom stereocenters. The Kier molecular flexibility index (Phi) is 7.24. The van der Waals surface area contributed by atoms with Gasteiger partial charge in [0.15, 0.2) is 0 Å². The number of rotatable bonds is 6. The second-order valence-corrected chi connectivity index (χ2v) is 2.54. The Morgan fingerprint density at radius 3 is 2.69 bits per heavy atom. The molecule has 4 nitrogen and oxygen atoms in total. The van der Waals surface area contributed by atoms with E-state index in [-0.39, 0.29) is 12.5 Å². The average molecular weight is 187 g/mol. The van der Waals surface area contributed by atoms with Gasteiger partial charge in [0.2, 0.25) is 5.91 Å². The van der Waals surface area contributed by atoms with Gasteiger partial charge in [-0.05, 0) is 13.0 Å². The Labute approximate surface area is 78.8 Å². The van der Waals surface area contributed by atoms with Crippen molar-refractivity contribution in [3.05, 3.63) is 12.2 Å². The highest BCUT2D eigenvalue weighted by Gasteiger charge is 2.08. The summed E-state index contributed by atoms with van der Waals surface area (Å²) in [5, 5.41) is 8.69. The number of aliphatic hydroxyl groups excluding tert-OH is 1. The summed E-state index contributed by atoms with van der Waals surface area (Å²) in [6.07, 6.45) is 3.16. The van der Waals surface area contributed by atoms with Gasteiger partial charge >= 0.3 is 0 Å². The Balaban J connectivity index is 3.98. The molecule has 4 heteroatoms. The van der Waals surface area contributed by atoms with E-state index in [1.807, 2.05) is 0 Å². The Hall–Kier alpha value is -0.870. The number of ether oxygens (including phenoxy) is 1. The van der Waals surface area contributed by atoms with E-state index in [1.165, 1.54) is 6.08 Å². The Bertz CT molecular complexity index is 168. The summed E-state index contributed by atoms with van der Waals surface area (Å²) in [5.41, 5.74) is 0. The van der Waals surface area contributed by atoms with Crippen molar-refractivity contribution in [2.24, 2.45) is 0 Å². The van der Waals surface area contributed by atoms with E-state index in [9.17, 15) is 4.79 Å². The third-order valence-corrected chi connectivity index (χ3v) is 1.56. The third kappa shape index (κ3) is 5.38. The van der Waals surface area contributed by atoms with E-state index in [2.05, 4.69) is 0 Å². The first-order valence-corrected chi connectivity index (χ1v) is 4.27. The van der Waals surface area contributed by atoms with Gasteiger partial charge in [-0.2, -0.15) is 0 Å². The number of amides is 1. The number of allylic oxidation sites excluding steroid dienone is 1. The van der Waals surface area contributed by atoms with Gasteiger partial charge in [-0.3, -0.25) is 4.79 Å². The van der Waals surface area contributed by atoms with Crippen molar-refractivity contribution in [2.75, 3.05) is 33.4 Å². The van der Waals surface area contributed by atoms with E-state index in [4.69, 9.17) is 9.84 Å². The molecule has 0 aliphatic heterocycles. The molecule has 0 aromatic carbocycles. The second kappa shape index (κ2) is 7.76. The van der Waals surface area contributed by atoms with Crippen LogP contribution in [0.15, 0.2) is 12.2 Å². The summed E-state index contributed by atoms with van der Waals surface area (Å²) in [6.45, 7) is 3.12. The van der Waals surface area contributed by atoms with Crippen LogP contribution in [0.4, 0.5) is 0 Å². The molecule has 0 aromatic heterocycles. The number of methoxy groups -OCH3 is 1. The third-order valence-electron chi connectivity index (χ3n) is 1.56. The van der Waals surface area contributed by atoms with Crippen LogP contribution >= 0.6 is 0 Å². The molecule has 76 valence electrons. The van der Waals surface area contributed by atoms with Crippen LogP contribution < -0.4 is 0 Å². The van der Waals surface area contributed by atoms with Crippen molar-refractivity contribution >= 4 is 5.91 Å². The number of hydrogen-bond donors (Lipinski definition) is 1. The van der Waals surface area contributed by atoms with Crippen molar-refractivity contribution in [1.82, 2.24) is 4.90 Å². The minimum Gasteiger partial charge on any atom is -0.395 e. The summed E-state index contributed by atoms with van der Waals surface area (Å²) in [6, 6.07) is 0. The lowest BCUT2D eigenvalue weighted by Gasteiger charge is -2.19. The zero-order chi connectivity index (χ0) is 10.1. The normalized spacial score (nSPS) is 10.7. The highest BCUT2D eigenvalue weighted by atomic mass is 16.5. The molecule has 13 heavy (non-hydrogen) atoms. The molecule has 0 aliphatic carbocycles. The summed E-state index contributed by atoms with van der Waals surface area (Å²) >= 11 is 0. The van der Waals surface area contributed by atoms with Crippen LogP contribution in [-0.2, 0) is 9.53 Å². The summed E-state index contributed by atoms with van der Waals surface area (Å²) in [4.78, 5) is 12.9. The van der Waals surface area contributed by atoms with Crippen LogP contribution in [-0.4, -0.2) is 49.3 Å². The predicted molar refractivity (Wildman–Crippen MR) is 50.4 cm³/mol. The van der Waals surface area contributed by atoms with Gasteiger partial charge in [-0.1, -0.05) is 6.08 Å². The molecule has 0 fully saturated rings. The maximum Gasteiger partial charge on any atom is 0.246 e. The van der Waals surface area contributed by atoms with Gasteiger partial charge in [-0.25, -0.2) is 0 Å². The first-order valence-electron chi connectivity index (χ1n) is 4.27. The zero-order valence-corrected chi connectivity index (χ0v) is 8.19. The number of hydrogen-bond acceptors (Lipinski definition) is 3. The number of carbonyl (C=O) groups excluding carboxylic acids is 1. The van der Waals surface area contributed by atoms with E-state index < -0.39 is 0 Å². The lowest BCUT2D eigenvalue weighted by atomic mass is 10.4. The van der Waals surface area contributed by atoms with Crippen molar-refractivity contribution in [1.29, 1.82) is 0 Å². The molecular formula is C9H17NO3. The fraction of sp³-hybridized carbons (Fsp3) is 0.667. The van der Waals surface area contributed by atoms with Crippen LogP contribution in [0.2, 0.25) is 0 Å². The molecule has 0 heterocycles. The molecule has 0 saturated carbocycles. The Morgan fingerprint density at radius 2 is 2.23 bits per heavy atom. The maximum atomic E-state index is 11.3. The summed E-state index contributed by atoms with van der Waals surface area (Å²) in [7, 11) is 1.58. The zero-order valence-electron chi connectivity index (χ0n) is 8.19. The van der Waals surface area contributed by atoms with Gasteiger partial charge in [0, 0.05) is 20.2 Å². The van der Waals surface area contributed by atoms with Gasteiger partial charge in [0.1, 0.15) is 0 Å². The van der Waals surface area contributed by atoms with Crippen LogP contribution in [0.25, 0.3) is 0 Å². The van der Waals surface area contributed by atoms with E-state index in [0.717, 1.165) is 0 Å². The quantitative estimate of drug-likeness (QED) is 0.597. The molecule has 0 bridgehead atoms. The van der Waals surface area contributed by atoms with E-state index >= 15 is 0 Å². The van der Waals surface area contributed by atoms with Crippen LogP contribution in [0.5, 0.6) is 0 Å². The monoisotopic (exact) mass is 187 g/mol. The summed E-state index contributed by atoms with van der Waals surface area (Å²) in [5.74, 6) is -0.0893. The first kappa shape index (κ1) is 12.1. The molecular weight excluding hydrogens is 170 g/mol. The van der Waals surface area contributed by atoms with Gasteiger partial charge in [0.05, 0.1) is 13.2 Å². The first-order chi connectivity index (χ1) is 6.26. The van der Waals surface area contributed by atoms with Gasteiger partial charge in [0.25, 0.3) is 0 Å². The largest absolute Gasteiger partial charge is 0.395 e. The van der Waals surface area contributed by atoms with Crippen LogP contribution in [0.1, 0.15) is 6.92 Å². The van der Waals surface area contributed by atoms with Crippen LogP contribution in [0.3, 0.4) is 0 Å². The second-order valence-electron chi connectivity index (χ2n) is 2.54. The Morgan fingerprint density at radius 1 is 1.54 bits per heavy atom. The van der Waals surface area contributed by atoms with E-state index in [1.54, 1.807) is 25.0 Å². The number of carbonyl (C=O) groups is 1. The average Bonchev–Trinajstić information content (AvgIpc) is 2.12. The fourth-order valence-corrected chi connectivity index (χ4v) is 0.902. The molecule has 0 radical (unpaired) electrons. The number of nitrogens with zero attached hydrogens (tertiary/aromatic N) is 1. The van der Waals surface area contributed by atoms with E-state index in [0.29, 0.717) is 19.7 Å². The topological polar surface area (TPSA) is 49.8 Å². The molecule has 0 spiro atoms. The molecule has 0 saturated heterocycles. The predicted octanol–water partition coefficient (Wildman–Crippen LogP) is 0.0298. The fourth-order valence-electron chi connectivity index (χ4n) is 0.902. The molecule has 0 atom stereocenters.